The van der Waals surface area contributed by atoms with Crippen molar-refractivity contribution in [2.45, 2.75) is 77.4 Å². The second-order valence-electron chi connectivity index (χ2n) is 11.5. The summed E-state index contributed by atoms with van der Waals surface area (Å²) in [6.45, 7) is 6.99. The maximum atomic E-state index is 13.6. The second kappa shape index (κ2) is 15.3. The van der Waals surface area contributed by atoms with E-state index in [4.69, 9.17) is 11.6 Å². The number of benzene rings is 1. The summed E-state index contributed by atoms with van der Waals surface area (Å²) >= 11 is 6.65. The Labute approximate surface area is 258 Å². The van der Waals surface area contributed by atoms with Crippen molar-refractivity contribution < 1.29 is 19.2 Å². The zero-order chi connectivity index (χ0) is 30.9. The molecule has 0 bridgehead atoms. The molecule has 4 rings (SSSR count). The number of nitrogens with zero attached hydrogens (tertiary/aromatic N) is 4. The summed E-state index contributed by atoms with van der Waals surface area (Å²) in [4.78, 5) is 56.4. The number of rotatable bonds is 11. The van der Waals surface area contributed by atoms with E-state index in [2.05, 4.69) is 25.9 Å². The van der Waals surface area contributed by atoms with Gasteiger partial charge in [-0.1, -0.05) is 43.9 Å². The van der Waals surface area contributed by atoms with E-state index < -0.39 is 12.1 Å². The standard InChI is InChI=1S/C31H44ClN7O4/c1-4-27(40)34-25(31(43)38-17-15-37(3)16-18-38)20-21-11-12-24(23(32)19-21)35-30(42)28(22-9-7-6-8-10-22)36-29(41)26-13-14-33-39(26)5-2/h11-14,19,22,25,28H,4-10,15-18,20H2,1-3H3,(H,34,40)(H,35,42)(H,36,41)/t25-,28+/m1/s1. The third-order valence-corrected chi connectivity index (χ3v) is 8.75. The van der Waals surface area contributed by atoms with Crippen LogP contribution in [-0.2, 0) is 27.3 Å². The van der Waals surface area contributed by atoms with E-state index in [-0.39, 0.29) is 42.4 Å². The molecule has 0 unspecified atom stereocenters. The fourth-order valence-corrected chi connectivity index (χ4v) is 6.08. The van der Waals surface area contributed by atoms with Crippen LogP contribution in [0.1, 0.15) is 68.4 Å². The number of hydrogen-bond acceptors (Lipinski definition) is 6. The predicted molar refractivity (Wildman–Crippen MR) is 166 cm³/mol. The van der Waals surface area contributed by atoms with Crippen LogP contribution in [0, 0.1) is 5.92 Å². The van der Waals surface area contributed by atoms with Gasteiger partial charge >= 0.3 is 0 Å². The summed E-state index contributed by atoms with van der Waals surface area (Å²) in [5.41, 5.74) is 1.59. The summed E-state index contributed by atoms with van der Waals surface area (Å²) in [5, 5.41) is 13.3. The summed E-state index contributed by atoms with van der Waals surface area (Å²) in [6, 6.07) is 5.44. The van der Waals surface area contributed by atoms with Gasteiger partial charge in [0, 0.05) is 51.8 Å². The van der Waals surface area contributed by atoms with Crippen molar-refractivity contribution in [2.75, 3.05) is 38.5 Å². The second-order valence-corrected chi connectivity index (χ2v) is 11.9. The Morgan fingerprint density at radius 3 is 2.37 bits per heavy atom. The van der Waals surface area contributed by atoms with Crippen LogP contribution in [0.15, 0.2) is 30.5 Å². The number of aromatic nitrogens is 2. The molecule has 1 saturated carbocycles. The Morgan fingerprint density at radius 2 is 1.72 bits per heavy atom. The molecule has 0 spiro atoms. The fraction of sp³-hybridized carbons (Fsp3) is 0.581. The Hall–Kier alpha value is -3.44. The largest absolute Gasteiger partial charge is 0.344 e. The van der Waals surface area contributed by atoms with Crippen molar-refractivity contribution >= 4 is 40.9 Å². The third kappa shape index (κ3) is 8.57. The average molecular weight is 614 g/mol. The van der Waals surface area contributed by atoms with Crippen LogP contribution < -0.4 is 16.0 Å². The van der Waals surface area contributed by atoms with Crippen LogP contribution in [0.4, 0.5) is 5.69 Å². The highest BCUT2D eigenvalue weighted by Gasteiger charge is 2.33. The minimum absolute atomic E-state index is 0.0114. The van der Waals surface area contributed by atoms with Gasteiger partial charge in [0.05, 0.1) is 10.7 Å². The van der Waals surface area contributed by atoms with Crippen molar-refractivity contribution in [3.63, 3.8) is 0 Å². The maximum absolute atomic E-state index is 13.6. The number of hydrogen-bond donors (Lipinski definition) is 3. The molecule has 2 heterocycles. The first-order chi connectivity index (χ1) is 20.7. The van der Waals surface area contributed by atoms with Gasteiger partial charge < -0.3 is 25.8 Å². The van der Waals surface area contributed by atoms with Gasteiger partial charge in [-0.15, -0.1) is 0 Å². The van der Waals surface area contributed by atoms with Crippen LogP contribution in [0.25, 0.3) is 0 Å². The lowest BCUT2D eigenvalue weighted by Crippen LogP contribution is -2.54. The molecule has 12 heteroatoms. The van der Waals surface area contributed by atoms with Gasteiger partial charge in [0.15, 0.2) is 0 Å². The lowest BCUT2D eigenvalue weighted by Gasteiger charge is -2.34. The number of amides is 4. The number of halogens is 1. The van der Waals surface area contributed by atoms with Crippen LogP contribution >= 0.6 is 11.6 Å². The number of aryl methyl sites for hydroxylation is 1. The first-order valence-electron chi connectivity index (χ1n) is 15.4. The summed E-state index contributed by atoms with van der Waals surface area (Å²) in [5.74, 6) is -0.955. The summed E-state index contributed by atoms with van der Waals surface area (Å²) < 4.78 is 1.60. The van der Waals surface area contributed by atoms with Crippen LogP contribution in [-0.4, -0.2) is 88.5 Å². The van der Waals surface area contributed by atoms with E-state index in [0.717, 1.165) is 50.8 Å². The fourth-order valence-electron chi connectivity index (χ4n) is 5.83. The van der Waals surface area contributed by atoms with Crippen molar-refractivity contribution in [2.24, 2.45) is 5.92 Å². The molecule has 1 aromatic carbocycles. The highest BCUT2D eigenvalue weighted by molar-refractivity contribution is 6.33. The molecule has 2 atom stereocenters. The number of likely N-dealkylation sites (N-methyl/N-ethyl adjacent to an activating group) is 1. The van der Waals surface area contributed by atoms with Gasteiger partial charge in [0.2, 0.25) is 17.7 Å². The van der Waals surface area contributed by atoms with Crippen molar-refractivity contribution in [3.8, 4) is 0 Å². The molecule has 3 N–H and O–H groups in total. The molecule has 2 aliphatic rings. The Morgan fingerprint density at radius 1 is 1.00 bits per heavy atom. The van der Waals surface area contributed by atoms with Gasteiger partial charge in [-0.05, 0) is 56.5 Å². The van der Waals surface area contributed by atoms with Crippen LogP contribution in [0.3, 0.4) is 0 Å². The zero-order valence-corrected chi connectivity index (χ0v) is 26.2. The smallest absolute Gasteiger partial charge is 0.270 e. The molecule has 1 aliphatic heterocycles. The number of carbonyl (C=O) groups is 4. The van der Waals surface area contributed by atoms with E-state index in [0.29, 0.717) is 36.0 Å². The Kier molecular flexibility index (Phi) is 11.6. The average Bonchev–Trinajstić information content (AvgIpc) is 3.50. The minimum atomic E-state index is -0.724. The van der Waals surface area contributed by atoms with Gasteiger partial charge in [-0.3, -0.25) is 23.9 Å². The highest BCUT2D eigenvalue weighted by Crippen LogP contribution is 2.29. The minimum Gasteiger partial charge on any atom is -0.344 e. The highest BCUT2D eigenvalue weighted by atomic mass is 35.5. The molecular weight excluding hydrogens is 570 g/mol. The lowest BCUT2D eigenvalue weighted by atomic mass is 9.83. The van der Waals surface area contributed by atoms with E-state index >= 15 is 0 Å². The molecule has 2 aromatic rings. The predicted octanol–water partition coefficient (Wildman–Crippen LogP) is 3.09. The van der Waals surface area contributed by atoms with E-state index in [1.807, 2.05) is 14.0 Å². The maximum Gasteiger partial charge on any atom is 0.270 e. The molecule has 1 aromatic heterocycles. The van der Waals surface area contributed by atoms with Crippen molar-refractivity contribution in [1.29, 1.82) is 0 Å². The molecule has 1 saturated heterocycles. The monoisotopic (exact) mass is 613 g/mol. The normalized spacial score (nSPS) is 17.6. The Balaban J connectivity index is 1.47. The van der Waals surface area contributed by atoms with Gasteiger partial charge in [0.25, 0.3) is 5.91 Å². The quantitative estimate of drug-likeness (QED) is 0.357. The van der Waals surface area contributed by atoms with Crippen LogP contribution in [0.5, 0.6) is 0 Å². The van der Waals surface area contributed by atoms with E-state index in [9.17, 15) is 19.2 Å². The molecular formula is C31H44ClN7O4. The van der Waals surface area contributed by atoms with Gasteiger partial charge in [0.1, 0.15) is 17.8 Å². The molecule has 43 heavy (non-hydrogen) atoms. The zero-order valence-electron chi connectivity index (χ0n) is 25.4. The first kappa shape index (κ1) is 32.5. The summed E-state index contributed by atoms with van der Waals surface area (Å²) in [7, 11) is 2.02. The summed E-state index contributed by atoms with van der Waals surface area (Å²) in [6.07, 6.45) is 6.96. The molecule has 2 fully saturated rings. The van der Waals surface area contributed by atoms with Crippen LogP contribution in [0.2, 0.25) is 5.02 Å². The molecule has 1 aliphatic carbocycles. The molecule has 0 radical (unpaired) electrons. The van der Waals surface area contributed by atoms with Crippen molar-refractivity contribution in [3.05, 3.63) is 46.7 Å². The Bertz CT molecular complexity index is 1280. The molecule has 4 amide bonds. The SMILES string of the molecule is CCC(=O)N[C@H](Cc1ccc(NC(=O)[C@@H](NC(=O)c2ccnn2CC)C2CCCCC2)c(Cl)c1)C(=O)N1CCN(C)CC1. The van der Waals surface area contributed by atoms with E-state index in [1.54, 1.807) is 47.0 Å². The third-order valence-electron chi connectivity index (χ3n) is 8.44. The first-order valence-corrected chi connectivity index (χ1v) is 15.8. The number of anilines is 1. The molecule has 234 valence electrons. The number of nitrogens with one attached hydrogen (secondary N) is 3. The topological polar surface area (TPSA) is 129 Å². The van der Waals surface area contributed by atoms with Gasteiger partial charge in [-0.25, -0.2) is 0 Å². The number of piperazine rings is 1. The van der Waals surface area contributed by atoms with E-state index in [1.165, 1.54) is 0 Å². The van der Waals surface area contributed by atoms with Crippen molar-refractivity contribution in [1.82, 2.24) is 30.2 Å². The molecule has 11 nitrogen and oxygen atoms in total. The van der Waals surface area contributed by atoms with Gasteiger partial charge in [-0.2, -0.15) is 5.10 Å². The lowest BCUT2D eigenvalue weighted by molar-refractivity contribution is -0.137. The number of carbonyl (C=O) groups excluding carboxylic acids is 4.